The molecule has 0 aliphatic carbocycles. The molecule has 2 fully saturated rings. The van der Waals surface area contributed by atoms with E-state index < -0.39 is 45.1 Å². The second-order valence-electron chi connectivity index (χ2n) is 11.5. The Morgan fingerprint density at radius 2 is 1.10 bits per heavy atom. The van der Waals surface area contributed by atoms with Crippen molar-refractivity contribution in [2.24, 2.45) is 0 Å². The number of halogens is 6. The van der Waals surface area contributed by atoms with Gasteiger partial charge < -0.3 is 20.4 Å². The summed E-state index contributed by atoms with van der Waals surface area (Å²) < 4.78 is 84.2. The second-order valence-corrected chi connectivity index (χ2v) is 12.6. The monoisotopic (exact) mass is 710 g/mol. The third-order valence-corrected chi connectivity index (χ3v) is 8.99. The van der Waals surface area contributed by atoms with E-state index in [2.05, 4.69) is 10.6 Å². The smallest absolute Gasteiger partial charge is 0.352 e. The van der Waals surface area contributed by atoms with Gasteiger partial charge in [-0.3, -0.25) is 19.2 Å². The lowest BCUT2D eigenvalue weighted by atomic mass is 10.1. The highest BCUT2D eigenvalue weighted by Crippen LogP contribution is 2.44. The van der Waals surface area contributed by atoms with Crippen LogP contribution in [0.2, 0.25) is 0 Å². The summed E-state index contributed by atoms with van der Waals surface area (Å²) in [7, 11) is 0. The summed E-state index contributed by atoms with van der Waals surface area (Å²) in [6.45, 7) is 2.87. The standard InChI is InChI=1S/C34H36F6N4O4S/c35-33(36,37)25-21-23(9-13-29(45)41-15-3-19-43-17-1-5-31(43)47)7-11-27(25)49-28-12-8-24(22-26(28)34(38,39)40)10-14-30(46)42-16-4-20-44-18-2-6-32(44)48/h7-14,21-22H,1-6,15-20H2,(H,41,45)(H,42,46)/b13-9+,14-10+. The number of rotatable bonds is 14. The van der Waals surface area contributed by atoms with Crippen LogP contribution in [0.3, 0.4) is 0 Å². The van der Waals surface area contributed by atoms with Gasteiger partial charge in [-0.15, -0.1) is 0 Å². The molecule has 0 unspecified atom stereocenters. The summed E-state index contributed by atoms with van der Waals surface area (Å²) >= 11 is 0.306. The summed E-state index contributed by atoms with van der Waals surface area (Å²) in [6, 6.07) is 6.17. The Hall–Kier alpha value is -4.27. The largest absolute Gasteiger partial charge is 0.417 e. The highest BCUT2D eigenvalue weighted by Gasteiger charge is 2.37. The van der Waals surface area contributed by atoms with Gasteiger partial charge in [-0.1, -0.05) is 23.9 Å². The van der Waals surface area contributed by atoms with Crippen molar-refractivity contribution in [3.63, 3.8) is 0 Å². The Morgan fingerprint density at radius 3 is 1.45 bits per heavy atom. The fraction of sp³-hybridized carbons (Fsp3) is 0.412. The Morgan fingerprint density at radius 1 is 0.694 bits per heavy atom. The minimum Gasteiger partial charge on any atom is -0.352 e. The first kappa shape index (κ1) is 37.5. The van der Waals surface area contributed by atoms with Crippen LogP contribution in [0, 0.1) is 0 Å². The number of nitrogens with one attached hydrogen (secondary N) is 2. The van der Waals surface area contributed by atoms with Crippen LogP contribution in [0.1, 0.15) is 60.8 Å². The maximum absolute atomic E-state index is 14.0. The number of amides is 4. The third-order valence-electron chi connectivity index (χ3n) is 7.84. The molecule has 0 radical (unpaired) electrons. The molecule has 2 N–H and O–H groups in total. The Kier molecular flexibility index (Phi) is 13.0. The molecule has 2 aliphatic rings. The van der Waals surface area contributed by atoms with Crippen molar-refractivity contribution in [1.29, 1.82) is 0 Å². The van der Waals surface area contributed by atoms with Crippen molar-refractivity contribution in [1.82, 2.24) is 20.4 Å². The van der Waals surface area contributed by atoms with Crippen LogP contribution in [-0.4, -0.2) is 72.7 Å². The Labute approximate surface area is 284 Å². The average molecular weight is 711 g/mol. The van der Waals surface area contributed by atoms with Gasteiger partial charge in [-0.05, 0) is 73.2 Å². The Bertz CT molecular complexity index is 1480. The summed E-state index contributed by atoms with van der Waals surface area (Å²) in [5.41, 5.74) is -2.29. The van der Waals surface area contributed by atoms with E-state index in [4.69, 9.17) is 0 Å². The number of carbonyl (C=O) groups excluding carboxylic acids is 4. The van der Waals surface area contributed by atoms with Crippen LogP contribution in [-0.2, 0) is 31.5 Å². The van der Waals surface area contributed by atoms with Crippen molar-refractivity contribution in [3.05, 3.63) is 70.8 Å². The lowest BCUT2D eigenvalue weighted by Crippen LogP contribution is -2.29. The van der Waals surface area contributed by atoms with Gasteiger partial charge in [0.1, 0.15) is 0 Å². The van der Waals surface area contributed by atoms with Crippen LogP contribution >= 0.6 is 11.8 Å². The molecule has 264 valence electrons. The molecule has 2 heterocycles. The number of nitrogens with zero attached hydrogens (tertiary/aromatic N) is 2. The van der Waals surface area contributed by atoms with Gasteiger partial charge in [0.15, 0.2) is 0 Å². The maximum atomic E-state index is 14.0. The zero-order valence-corrected chi connectivity index (χ0v) is 27.3. The topological polar surface area (TPSA) is 98.8 Å². The molecule has 8 nitrogen and oxygen atoms in total. The fourth-order valence-corrected chi connectivity index (χ4v) is 6.43. The van der Waals surface area contributed by atoms with Gasteiger partial charge in [0.2, 0.25) is 23.6 Å². The third kappa shape index (κ3) is 11.4. The molecule has 49 heavy (non-hydrogen) atoms. The minimum atomic E-state index is -4.90. The van der Waals surface area contributed by atoms with Crippen molar-refractivity contribution in [3.8, 4) is 0 Å². The fourth-order valence-electron chi connectivity index (χ4n) is 5.35. The highest BCUT2D eigenvalue weighted by molar-refractivity contribution is 7.99. The van der Waals surface area contributed by atoms with Gasteiger partial charge in [0.05, 0.1) is 11.1 Å². The molecular formula is C34H36F6N4O4S. The van der Waals surface area contributed by atoms with Gasteiger partial charge in [-0.2, -0.15) is 26.3 Å². The van der Waals surface area contributed by atoms with Crippen LogP contribution in [0.4, 0.5) is 26.3 Å². The summed E-state index contributed by atoms with van der Waals surface area (Å²) in [5.74, 6) is -0.961. The minimum absolute atomic E-state index is 0.0221. The van der Waals surface area contributed by atoms with Crippen molar-refractivity contribution >= 4 is 47.5 Å². The second kappa shape index (κ2) is 16.9. The molecule has 4 amide bonds. The molecule has 0 saturated carbocycles. The SMILES string of the molecule is O=C(/C=C/c1ccc(Sc2ccc(/C=C/C(=O)NCCCN3CCCC3=O)cc2C(F)(F)F)c(C(F)(F)F)c1)NCCCN1CCCC1=O. The quantitative estimate of drug-likeness (QED) is 0.139. The van der Waals surface area contributed by atoms with E-state index >= 15 is 0 Å². The predicted molar refractivity (Wildman–Crippen MR) is 172 cm³/mol. The lowest BCUT2D eigenvalue weighted by molar-refractivity contribution is -0.140. The number of hydrogen-bond acceptors (Lipinski definition) is 5. The lowest BCUT2D eigenvalue weighted by Gasteiger charge is -2.17. The van der Waals surface area contributed by atoms with Crippen molar-refractivity contribution < 1.29 is 45.5 Å². The van der Waals surface area contributed by atoms with Crippen LogP contribution in [0.25, 0.3) is 12.2 Å². The number of hydrogen-bond donors (Lipinski definition) is 2. The molecule has 2 saturated heterocycles. The van der Waals surface area contributed by atoms with E-state index in [0.29, 0.717) is 63.6 Å². The first-order chi connectivity index (χ1) is 23.2. The van der Waals surface area contributed by atoms with Crippen LogP contribution in [0.15, 0.2) is 58.3 Å². The molecule has 15 heteroatoms. The number of alkyl halides is 6. The summed E-state index contributed by atoms with van der Waals surface area (Å²) in [5, 5.41) is 5.21. The van der Waals surface area contributed by atoms with Crippen LogP contribution < -0.4 is 10.6 Å². The Balaban J connectivity index is 1.38. The van der Waals surface area contributed by atoms with Gasteiger partial charge in [-0.25, -0.2) is 0 Å². The number of likely N-dealkylation sites (tertiary alicyclic amines) is 2. The number of benzene rings is 2. The number of carbonyl (C=O) groups is 4. The zero-order chi connectivity index (χ0) is 35.6. The molecule has 0 bridgehead atoms. The first-order valence-electron chi connectivity index (χ1n) is 15.8. The average Bonchev–Trinajstić information content (AvgIpc) is 3.65. The maximum Gasteiger partial charge on any atom is 0.417 e. The molecular weight excluding hydrogens is 674 g/mol. The zero-order valence-electron chi connectivity index (χ0n) is 26.5. The van der Waals surface area contributed by atoms with Crippen LogP contribution in [0.5, 0.6) is 0 Å². The van der Waals surface area contributed by atoms with E-state index in [-0.39, 0.29) is 36.0 Å². The van der Waals surface area contributed by atoms with Gasteiger partial charge in [0.25, 0.3) is 0 Å². The van der Waals surface area contributed by atoms with Crippen molar-refractivity contribution in [2.45, 2.75) is 60.7 Å². The summed E-state index contributed by atoms with van der Waals surface area (Å²) in [6.07, 6.45) is -1.68. The van der Waals surface area contributed by atoms with Gasteiger partial charge >= 0.3 is 12.4 Å². The molecule has 2 aromatic carbocycles. The van der Waals surface area contributed by atoms with Crippen molar-refractivity contribution in [2.75, 3.05) is 39.3 Å². The van der Waals surface area contributed by atoms with E-state index in [1.165, 1.54) is 24.3 Å². The van der Waals surface area contributed by atoms with E-state index in [1.54, 1.807) is 9.80 Å². The van der Waals surface area contributed by atoms with E-state index in [0.717, 1.165) is 49.3 Å². The molecule has 0 spiro atoms. The highest BCUT2D eigenvalue weighted by atomic mass is 32.2. The van der Waals surface area contributed by atoms with E-state index in [1.807, 2.05) is 0 Å². The predicted octanol–water partition coefficient (Wildman–Crippen LogP) is 6.16. The first-order valence-corrected chi connectivity index (χ1v) is 16.6. The molecule has 0 atom stereocenters. The summed E-state index contributed by atoms with van der Waals surface area (Å²) in [4.78, 5) is 50.1. The molecule has 2 aromatic rings. The molecule has 2 aliphatic heterocycles. The molecule has 4 rings (SSSR count). The molecule has 0 aromatic heterocycles. The van der Waals surface area contributed by atoms with E-state index in [9.17, 15) is 45.5 Å². The van der Waals surface area contributed by atoms with Gasteiger partial charge in [0, 0.05) is 74.1 Å². The normalized spacial score (nSPS) is 15.6.